The van der Waals surface area contributed by atoms with E-state index in [1.165, 1.54) is 5.56 Å². The Hall–Kier alpha value is -1.10. The van der Waals surface area contributed by atoms with E-state index in [-0.39, 0.29) is 24.4 Å². The average molecular weight is 327 g/mol. The number of amides is 1. The van der Waals surface area contributed by atoms with Crippen molar-refractivity contribution in [2.75, 3.05) is 33.4 Å². The Labute approximate surface area is 139 Å². The van der Waals surface area contributed by atoms with Crippen LogP contribution in [-0.4, -0.2) is 50.2 Å². The van der Waals surface area contributed by atoms with Crippen LogP contribution in [-0.2, 0) is 16.0 Å². The van der Waals surface area contributed by atoms with Gasteiger partial charge in [-0.15, -0.1) is 12.4 Å². The van der Waals surface area contributed by atoms with Gasteiger partial charge in [-0.3, -0.25) is 4.79 Å². The van der Waals surface area contributed by atoms with Crippen molar-refractivity contribution in [3.8, 4) is 0 Å². The van der Waals surface area contributed by atoms with E-state index in [1.54, 1.807) is 0 Å². The maximum absolute atomic E-state index is 12.5. The molecule has 1 N–H and O–H groups in total. The van der Waals surface area contributed by atoms with Gasteiger partial charge in [-0.25, -0.2) is 0 Å². The second-order valence-corrected chi connectivity index (χ2v) is 5.55. The molecule has 1 fully saturated rings. The molecule has 1 saturated heterocycles. The van der Waals surface area contributed by atoms with Gasteiger partial charge in [0.1, 0.15) is 0 Å². The first-order valence-corrected chi connectivity index (χ1v) is 7.87. The van der Waals surface area contributed by atoms with E-state index < -0.39 is 0 Å². The normalized spacial score (nSPS) is 17.0. The van der Waals surface area contributed by atoms with Gasteiger partial charge >= 0.3 is 0 Å². The first-order valence-electron chi connectivity index (χ1n) is 7.87. The molecule has 0 spiro atoms. The van der Waals surface area contributed by atoms with Gasteiger partial charge in [-0.2, -0.15) is 0 Å². The summed E-state index contributed by atoms with van der Waals surface area (Å²) in [4.78, 5) is 14.5. The Morgan fingerprint density at radius 3 is 2.77 bits per heavy atom. The Balaban J connectivity index is 0.00000242. The number of carbonyl (C=O) groups is 1. The summed E-state index contributed by atoms with van der Waals surface area (Å²) in [6, 6.07) is 10.6. The molecular weight excluding hydrogens is 300 g/mol. The quantitative estimate of drug-likeness (QED) is 0.745. The van der Waals surface area contributed by atoms with Crippen LogP contribution >= 0.6 is 12.4 Å². The molecule has 1 aliphatic rings. The third-order valence-corrected chi connectivity index (χ3v) is 3.97. The first kappa shape index (κ1) is 18.9. The summed E-state index contributed by atoms with van der Waals surface area (Å²) in [5, 5.41) is 3.09. The third kappa shape index (κ3) is 5.95. The molecule has 0 radical (unpaired) electrons. The molecule has 0 bridgehead atoms. The molecule has 5 heteroatoms. The zero-order chi connectivity index (χ0) is 14.9. The fourth-order valence-electron chi connectivity index (χ4n) is 2.73. The van der Waals surface area contributed by atoms with Crippen molar-refractivity contribution in [2.24, 2.45) is 0 Å². The van der Waals surface area contributed by atoms with Gasteiger partial charge in [0.15, 0.2) is 0 Å². The fourth-order valence-corrected chi connectivity index (χ4v) is 2.73. The van der Waals surface area contributed by atoms with Crippen molar-refractivity contribution in [3.63, 3.8) is 0 Å². The van der Waals surface area contributed by atoms with Crippen LogP contribution in [0.5, 0.6) is 0 Å². The minimum atomic E-state index is 0. The highest BCUT2D eigenvalue weighted by molar-refractivity contribution is 5.85. The van der Waals surface area contributed by atoms with E-state index in [0.29, 0.717) is 13.0 Å². The summed E-state index contributed by atoms with van der Waals surface area (Å²) >= 11 is 0. The van der Waals surface area contributed by atoms with Crippen LogP contribution in [0.1, 0.15) is 24.8 Å². The summed E-state index contributed by atoms with van der Waals surface area (Å²) in [5.41, 5.74) is 1.28. The monoisotopic (exact) mass is 326 g/mol. The van der Waals surface area contributed by atoms with Crippen LogP contribution in [0.4, 0.5) is 0 Å². The predicted molar refractivity (Wildman–Crippen MR) is 91.5 cm³/mol. The van der Waals surface area contributed by atoms with Crippen LogP contribution in [0, 0.1) is 0 Å². The molecule has 1 aliphatic heterocycles. The highest BCUT2D eigenvalue weighted by atomic mass is 35.5. The Morgan fingerprint density at radius 2 is 2.14 bits per heavy atom. The van der Waals surface area contributed by atoms with Gasteiger partial charge in [-0.1, -0.05) is 30.3 Å². The number of nitrogens with zero attached hydrogens (tertiary/aromatic N) is 1. The van der Waals surface area contributed by atoms with Crippen LogP contribution in [0.25, 0.3) is 0 Å². The lowest BCUT2D eigenvalue weighted by molar-refractivity contribution is -0.133. The van der Waals surface area contributed by atoms with E-state index in [0.717, 1.165) is 39.0 Å². The van der Waals surface area contributed by atoms with Crippen molar-refractivity contribution < 1.29 is 9.53 Å². The molecule has 0 aromatic heterocycles. The van der Waals surface area contributed by atoms with Gasteiger partial charge in [0.2, 0.25) is 5.91 Å². The van der Waals surface area contributed by atoms with Crippen molar-refractivity contribution >= 4 is 18.3 Å². The van der Waals surface area contributed by atoms with Crippen LogP contribution < -0.4 is 5.32 Å². The van der Waals surface area contributed by atoms with Gasteiger partial charge in [0, 0.05) is 19.6 Å². The molecule has 0 aliphatic carbocycles. The zero-order valence-corrected chi connectivity index (χ0v) is 14.1. The lowest BCUT2D eigenvalue weighted by Crippen LogP contribution is -2.42. The largest absolute Gasteiger partial charge is 0.379 e. The molecule has 0 saturated carbocycles. The molecule has 22 heavy (non-hydrogen) atoms. The second-order valence-electron chi connectivity index (χ2n) is 5.55. The number of hydrogen-bond donors (Lipinski definition) is 1. The number of hydrogen-bond acceptors (Lipinski definition) is 3. The molecule has 1 amide bonds. The smallest absolute Gasteiger partial charge is 0.222 e. The molecule has 1 aromatic carbocycles. The fraction of sp³-hybridized carbons (Fsp3) is 0.588. The lowest BCUT2D eigenvalue weighted by Gasteiger charge is -2.28. The van der Waals surface area contributed by atoms with Crippen molar-refractivity contribution in [2.45, 2.75) is 31.7 Å². The minimum Gasteiger partial charge on any atom is -0.379 e. The topological polar surface area (TPSA) is 41.6 Å². The lowest BCUT2D eigenvalue weighted by atomic mass is 10.1. The van der Waals surface area contributed by atoms with Crippen LogP contribution in [0.3, 0.4) is 0 Å². The number of nitrogens with one attached hydrogen (secondary N) is 1. The van der Waals surface area contributed by atoms with Gasteiger partial charge in [0.25, 0.3) is 0 Å². The summed E-state index contributed by atoms with van der Waals surface area (Å²) < 4.78 is 5.46. The molecule has 124 valence electrons. The first-order chi connectivity index (χ1) is 10.3. The highest BCUT2D eigenvalue weighted by Crippen LogP contribution is 2.15. The third-order valence-electron chi connectivity index (χ3n) is 3.97. The molecule has 1 heterocycles. The van der Waals surface area contributed by atoms with E-state index in [4.69, 9.17) is 4.74 Å². The van der Waals surface area contributed by atoms with E-state index in [1.807, 2.05) is 30.1 Å². The standard InChI is InChI=1S/C17H26N2O2.ClH/c1-18-11-5-8-17(20)19(16-10-13-21-14-16)12-9-15-6-3-2-4-7-15;/h2-4,6-7,16,18H,5,8-14H2,1H3;1H. The molecule has 1 atom stereocenters. The molecule has 1 unspecified atom stereocenters. The van der Waals surface area contributed by atoms with E-state index in [2.05, 4.69) is 17.4 Å². The number of carbonyl (C=O) groups excluding carboxylic acids is 1. The summed E-state index contributed by atoms with van der Waals surface area (Å²) in [6.07, 6.45) is 3.39. The van der Waals surface area contributed by atoms with Gasteiger partial charge < -0.3 is 15.0 Å². The Morgan fingerprint density at radius 1 is 1.36 bits per heavy atom. The molecular formula is C17H27ClN2O2. The Bertz CT molecular complexity index is 422. The average Bonchev–Trinajstić information content (AvgIpc) is 3.03. The van der Waals surface area contributed by atoms with Gasteiger partial charge in [-0.05, 0) is 38.4 Å². The molecule has 2 rings (SSSR count). The summed E-state index contributed by atoms with van der Waals surface area (Å²) in [6.45, 7) is 3.14. The van der Waals surface area contributed by atoms with Crippen LogP contribution in [0.15, 0.2) is 30.3 Å². The summed E-state index contributed by atoms with van der Waals surface area (Å²) in [5.74, 6) is 0.261. The van der Waals surface area contributed by atoms with Gasteiger partial charge in [0.05, 0.1) is 12.6 Å². The highest BCUT2D eigenvalue weighted by Gasteiger charge is 2.26. The second kappa shape index (κ2) is 10.6. The van der Waals surface area contributed by atoms with E-state index in [9.17, 15) is 4.79 Å². The maximum atomic E-state index is 12.5. The number of ether oxygens (including phenoxy) is 1. The van der Waals surface area contributed by atoms with Crippen molar-refractivity contribution in [1.82, 2.24) is 10.2 Å². The number of halogens is 1. The molecule has 1 aromatic rings. The minimum absolute atomic E-state index is 0. The number of benzene rings is 1. The SMILES string of the molecule is CNCCCC(=O)N(CCc1ccccc1)C1CCOC1.Cl. The predicted octanol–water partition coefficient (Wildman–Crippen LogP) is 2.27. The molecule has 4 nitrogen and oxygen atoms in total. The summed E-state index contributed by atoms with van der Waals surface area (Å²) in [7, 11) is 1.92. The van der Waals surface area contributed by atoms with Crippen molar-refractivity contribution in [3.05, 3.63) is 35.9 Å². The van der Waals surface area contributed by atoms with Crippen molar-refractivity contribution in [1.29, 1.82) is 0 Å². The maximum Gasteiger partial charge on any atom is 0.222 e. The number of rotatable bonds is 8. The van der Waals surface area contributed by atoms with E-state index >= 15 is 0 Å². The Kier molecular flexibility index (Phi) is 9.13. The van der Waals surface area contributed by atoms with Crippen LogP contribution in [0.2, 0.25) is 0 Å². The zero-order valence-electron chi connectivity index (χ0n) is 13.3.